The first-order chi connectivity index (χ1) is 6.68. The van der Waals surface area contributed by atoms with Crippen molar-refractivity contribution in [3.05, 3.63) is 34.9 Å². The van der Waals surface area contributed by atoms with Gasteiger partial charge in [0.25, 0.3) is 0 Å². The third-order valence-corrected chi connectivity index (χ3v) is 3.27. The Bertz CT molecular complexity index is 328. The normalized spacial score (nSPS) is 22.9. The van der Waals surface area contributed by atoms with Crippen LogP contribution in [0.25, 0.3) is 0 Å². The molecule has 0 aliphatic heterocycles. The predicted octanol–water partition coefficient (Wildman–Crippen LogP) is 3.18. The van der Waals surface area contributed by atoms with Gasteiger partial charge >= 0.3 is 0 Å². The average Bonchev–Trinajstić information content (AvgIpc) is 2.18. The summed E-state index contributed by atoms with van der Waals surface area (Å²) in [5, 5.41) is 9.51. The second-order valence-electron chi connectivity index (χ2n) is 4.43. The van der Waals surface area contributed by atoms with E-state index in [0.29, 0.717) is 5.92 Å². The van der Waals surface area contributed by atoms with Crippen molar-refractivity contribution in [2.75, 3.05) is 0 Å². The van der Waals surface area contributed by atoms with Crippen LogP contribution in [-0.4, -0.2) is 5.11 Å². The molecular formula is C13H18O. The van der Waals surface area contributed by atoms with Crippen molar-refractivity contribution in [3.63, 3.8) is 0 Å². The lowest BCUT2D eigenvalue weighted by Crippen LogP contribution is -2.08. The second kappa shape index (κ2) is 3.74. The highest BCUT2D eigenvalue weighted by Crippen LogP contribution is 2.32. The van der Waals surface area contributed by atoms with Crippen molar-refractivity contribution in [3.8, 4) is 0 Å². The average molecular weight is 190 g/mol. The third-order valence-electron chi connectivity index (χ3n) is 3.27. The summed E-state index contributed by atoms with van der Waals surface area (Å²) >= 11 is 0. The van der Waals surface area contributed by atoms with Crippen LogP contribution in [-0.2, 0) is 6.42 Å². The van der Waals surface area contributed by atoms with Crippen LogP contribution in [0.1, 0.15) is 55.4 Å². The Morgan fingerprint density at radius 3 is 2.93 bits per heavy atom. The van der Waals surface area contributed by atoms with Crippen LogP contribution in [0.3, 0.4) is 0 Å². The van der Waals surface area contributed by atoms with Gasteiger partial charge in [0.2, 0.25) is 0 Å². The minimum atomic E-state index is -0.338. The van der Waals surface area contributed by atoms with Crippen LogP contribution in [0, 0.1) is 0 Å². The van der Waals surface area contributed by atoms with E-state index < -0.39 is 0 Å². The van der Waals surface area contributed by atoms with E-state index in [4.69, 9.17) is 0 Å². The summed E-state index contributed by atoms with van der Waals surface area (Å²) in [6.45, 7) is 4.11. The molecule has 1 nitrogen and oxygen atoms in total. The number of benzene rings is 1. The maximum atomic E-state index is 9.51. The topological polar surface area (TPSA) is 20.2 Å². The van der Waals surface area contributed by atoms with E-state index in [1.807, 2.05) is 6.92 Å². The number of hydrogen-bond donors (Lipinski definition) is 1. The number of fused-ring (bicyclic) bond motifs is 1. The summed E-state index contributed by atoms with van der Waals surface area (Å²) in [6, 6.07) is 6.43. The molecule has 0 spiro atoms. The molecule has 14 heavy (non-hydrogen) atoms. The van der Waals surface area contributed by atoms with Gasteiger partial charge in [0.1, 0.15) is 0 Å². The minimum absolute atomic E-state index is 0.338. The Hall–Kier alpha value is -0.820. The van der Waals surface area contributed by atoms with Gasteiger partial charge < -0.3 is 5.11 Å². The Balaban J connectivity index is 2.41. The van der Waals surface area contributed by atoms with Gasteiger partial charge in [-0.1, -0.05) is 25.1 Å². The first kappa shape index (κ1) is 9.72. The summed E-state index contributed by atoms with van der Waals surface area (Å²) in [5.41, 5.74) is 3.99. The van der Waals surface area contributed by atoms with Crippen LogP contribution in [0.4, 0.5) is 0 Å². The molecule has 1 N–H and O–H groups in total. The fourth-order valence-corrected chi connectivity index (χ4v) is 2.31. The smallest absolute Gasteiger partial charge is 0.0762 e. The number of aryl methyl sites for hydroxylation is 1. The van der Waals surface area contributed by atoms with E-state index in [1.54, 1.807) is 0 Å². The molecule has 1 aliphatic rings. The summed E-state index contributed by atoms with van der Waals surface area (Å²) < 4.78 is 0. The molecule has 0 bridgehead atoms. The first-order valence-corrected chi connectivity index (χ1v) is 5.49. The van der Waals surface area contributed by atoms with Crippen LogP contribution >= 0.6 is 0 Å². The number of aliphatic hydroxyl groups excluding tert-OH is 1. The standard InChI is InChI=1S/C13H18O/c1-9-4-3-5-11-6-7-12(10(2)14)8-13(9)11/h6-10,14H,3-5H2,1-2H3. The van der Waals surface area contributed by atoms with Crippen molar-refractivity contribution in [2.24, 2.45) is 0 Å². The molecular weight excluding hydrogens is 172 g/mol. The van der Waals surface area contributed by atoms with Gasteiger partial charge in [-0.05, 0) is 48.8 Å². The van der Waals surface area contributed by atoms with Crippen molar-refractivity contribution in [2.45, 2.75) is 45.1 Å². The van der Waals surface area contributed by atoms with Gasteiger partial charge in [0, 0.05) is 0 Å². The van der Waals surface area contributed by atoms with Crippen LogP contribution in [0.15, 0.2) is 18.2 Å². The third kappa shape index (κ3) is 1.69. The number of rotatable bonds is 1. The molecule has 0 saturated heterocycles. The van der Waals surface area contributed by atoms with Crippen molar-refractivity contribution >= 4 is 0 Å². The van der Waals surface area contributed by atoms with E-state index in [1.165, 1.54) is 30.4 Å². The molecule has 0 aromatic heterocycles. The molecule has 1 heteroatoms. The molecule has 0 amide bonds. The largest absolute Gasteiger partial charge is 0.389 e. The molecule has 2 atom stereocenters. The zero-order chi connectivity index (χ0) is 10.1. The van der Waals surface area contributed by atoms with E-state index in [-0.39, 0.29) is 6.10 Å². The summed E-state index contributed by atoms with van der Waals surface area (Å²) in [5.74, 6) is 0.664. The van der Waals surface area contributed by atoms with E-state index >= 15 is 0 Å². The van der Waals surface area contributed by atoms with Gasteiger partial charge in [-0.3, -0.25) is 0 Å². The van der Waals surface area contributed by atoms with Crippen molar-refractivity contribution in [1.29, 1.82) is 0 Å². The van der Waals surface area contributed by atoms with Crippen LogP contribution in [0.5, 0.6) is 0 Å². The highest BCUT2D eigenvalue weighted by molar-refractivity contribution is 5.36. The molecule has 2 rings (SSSR count). The lowest BCUT2D eigenvalue weighted by atomic mass is 9.83. The Morgan fingerprint density at radius 2 is 2.21 bits per heavy atom. The number of hydrogen-bond acceptors (Lipinski definition) is 1. The molecule has 0 heterocycles. The highest BCUT2D eigenvalue weighted by atomic mass is 16.3. The van der Waals surface area contributed by atoms with Crippen molar-refractivity contribution < 1.29 is 5.11 Å². The van der Waals surface area contributed by atoms with E-state index in [9.17, 15) is 5.11 Å². The molecule has 2 unspecified atom stereocenters. The zero-order valence-electron chi connectivity index (χ0n) is 8.96. The van der Waals surface area contributed by atoms with Gasteiger partial charge in [-0.25, -0.2) is 0 Å². The monoisotopic (exact) mass is 190 g/mol. The van der Waals surface area contributed by atoms with Crippen LogP contribution < -0.4 is 0 Å². The fraction of sp³-hybridized carbons (Fsp3) is 0.538. The maximum absolute atomic E-state index is 9.51. The van der Waals surface area contributed by atoms with Gasteiger partial charge in [-0.15, -0.1) is 0 Å². The Kier molecular flexibility index (Phi) is 2.60. The summed E-state index contributed by atoms with van der Waals surface area (Å²) in [7, 11) is 0. The molecule has 1 aliphatic carbocycles. The quantitative estimate of drug-likeness (QED) is 0.721. The predicted molar refractivity (Wildman–Crippen MR) is 58.4 cm³/mol. The SMILES string of the molecule is CC(O)c1ccc2c(c1)C(C)CCC2. The molecule has 76 valence electrons. The van der Waals surface area contributed by atoms with Gasteiger partial charge in [0.05, 0.1) is 6.10 Å². The van der Waals surface area contributed by atoms with Gasteiger partial charge in [0.15, 0.2) is 0 Å². The summed E-state index contributed by atoms with van der Waals surface area (Å²) in [4.78, 5) is 0. The van der Waals surface area contributed by atoms with E-state index in [2.05, 4.69) is 25.1 Å². The zero-order valence-corrected chi connectivity index (χ0v) is 8.96. The molecule has 1 aromatic rings. The highest BCUT2D eigenvalue weighted by Gasteiger charge is 2.17. The Labute approximate surface area is 85.8 Å². The first-order valence-electron chi connectivity index (χ1n) is 5.49. The van der Waals surface area contributed by atoms with E-state index in [0.717, 1.165) is 5.56 Å². The minimum Gasteiger partial charge on any atom is -0.389 e. The second-order valence-corrected chi connectivity index (χ2v) is 4.43. The summed E-state index contributed by atoms with van der Waals surface area (Å²) in [6.07, 6.45) is 3.47. The molecule has 0 fully saturated rings. The number of aliphatic hydroxyl groups is 1. The Morgan fingerprint density at radius 1 is 1.43 bits per heavy atom. The lowest BCUT2D eigenvalue weighted by molar-refractivity contribution is 0.199. The maximum Gasteiger partial charge on any atom is 0.0762 e. The van der Waals surface area contributed by atoms with Crippen molar-refractivity contribution in [1.82, 2.24) is 0 Å². The fourth-order valence-electron chi connectivity index (χ4n) is 2.31. The molecule has 0 saturated carbocycles. The van der Waals surface area contributed by atoms with Gasteiger partial charge in [-0.2, -0.15) is 0 Å². The molecule has 1 aromatic carbocycles. The molecule has 0 radical (unpaired) electrons. The van der Waals surface area contributed by atoms with Crippen LogP contribution in [0.2, 0.25) is 0 Å². The lowest BCUT2D eigenvalue weighted by Gasteiger charge is -2.23.